The minimum atomic E-state index is -4.54. The molecule has 0 unspecified atom stereocenters. The molecule has 1 saturated heterocycles. The second-order valence-corrected chi connectivity index (χ2v) is 4.56. The van der Waals surface area contributed by atoms with Crippen molar-refractivity contribution >= 4 is 0 Å². The van der Waals surface area contributed by atoms with E-state index in [9.17, 15) is 13.2 Å². The van der Waals surface area contributed by atoms with Gasteiger partial charge in [-0.1, -0.05) is 0 Å². The van der Waals surface area contributed by atoms with E-state index in [-0.39, 0.29) is 18.1 Å². The fourth-order valence-corrected chi connectivity index (χ4v) is 2.07. The fraction of sp³-hybridized carbons (Fsp3) is 0.538. The van der Waals surface area contributed by atoms with Crippen molar-refractivity contribution in [3.63, 3.8) is 0 Å². The Morgan fingerprint density at radius 1 is 1.30 bits per heavy atom. The number of halogens is 3. The van der Waals surface area contributed by atoms with Gasteiger partial charge in [-0.15, -0.1) is 0 Å². The first-order valence-corrected chi connectivity index (χ1v) is 6.34. The average Bonchev–Trinajstić information content (AvgIpc) is 2.90. The molecule has 4 nitrogen and oxygen atoms in total. The number of ether oxygens (including phenoxy) is 1. The summed E-state index contributed by atoms with van der Waals surface area (Å²) in [5.41, 5.74) is -1.04. The lowest BCUT2D eigenvalue weighted by Crippen LogP contribution is -2.25. The van der Waals surface area contributed by atoms with Gasteiger partial charge in [0.15, 0.2) is 0 Å². The number of likely N-dealkylation sites (tertiary alicyclic amines) is 1. The van der Waals surface area contributed by atoms with Gasteiger partial charge in [0, 0.05) is 6.54 Å². The van der Waals surface area contributed by atoms with Crippen LogP contribution >= 0.6 is 0 Å². The lowest BCUT2D eigenvalue weighted by Gasteiger charge is -2.15. The van der Waals surface area contributed by atoms with Crippen molar-refractivity contribution in [2.75, 3.05) is 26.2 Å². The van der Waals surface area contributed by atoms with E-state index in [0.29, 0.717) is 6.54 Å². The third-order valence-electron chi connectivity index (χ3n) is 3.12. The highest BCUT2D eigenvalue weighted by atomic mass is 19.4. The Kier molecular flexibility index (Phi) is 4.45. The molecule has 0 atom stereocenters. The molecule has 0 bridgehead atoms. The predicted molar refractivity (Wildman–Crippen MR) is 65.1 cm³/mol. The van der Waals surface area contributed by atoms with Gasteiger partial charge in [0.05, 0.1) is 0 Å². The Balaban J connectivity index is 2.02. The van der Waals surface area contributed by atoms with Gasteiger partial charge in [-0.05, 0) is 38.1 Å². The van der Waals surface area contributed by atoms with Crippen molar-refractivity contribution in [1.29, 1.82) is 5.26 Å². The zero-order valence-electron chi connectivity index (χ0n) is 10.8. The average molecular weight is 285 g/mol. The normalized spacial score (nSPS) is 16.1. The molecule has 0 spiro atoms. The molecule has 7 heteroatoms. The van der Waals surface area contributed by atoms with Gasteiger partial charge < -0.3 is 4.74 Å². The van der Waals surface area contributed by atoms with Gasteiger partial charge in [0.25, 0.3) is 0 Å². The van der Waals surface area contributed by atoms with Crippen LogP contribution in [0.4, 0.5) is 13.2 Å². The lowest BCUT2D eigenvalue weighted by molar-refractivity contribution is -0.141. The highest BCUT2D eigenvalue weighted by Crippen LogP contribution is 2.30. The summed E-state index contributed by atoms with van der Waals surface area (Å²) in [6.45, 7) is 2.81. The van der Waals surface area contributed by atoms with Gasteiger partial charge in [0.2, 0.25) is 5.88 Å². The van der Waals surface area contributed by atoms with E-state index in [1.54, 1.807) is 6.07 Å². The number of rotatable bonds is 4. The Hall–Kier alpha value is -1.81. The largest absolute Gasteiger partial charge is 0.475 e. The van der Waals surface area contributed by atoms with Crippen LogP contribution in [-0.4, -0.2) is 36.1 Å². The van der Waals surface area contributed by atoms with E-state index < -0.39 is 11.9 Å². The Morgan fingerprint density at radius 2 is 2.00 bits per heavy atom. The van der Waals surface area contributed by atoms with Crippen molar-refractivity contribution in [2.45, 2.75) is 19.0 Å². The van der Waals surface area contributed by atoms with E-state index in [4.69, 9.17) is 10.00 Å². The first kappa shape index (κ1) is 14.6. The van der Waals surface area contributed by atoms with Crippen LogP contribution in [0.15, 0.2) is 12.1 Å². The van der Waals surface area contributed by atoms with Crippen molar-refractivity contribution < 1.29 is 17.9 Å². The number of hydrogen-bond acceptors (Lipinski definition) is 4. The molecule has 1 aromatic rings. The van der Waals surface area contributed by atoms with Gasteiger partial charge in [-0.3, -0.25) is 4.90 Å². The summed E-state index contributed by atoms with van der Waals surface area (Å²) in [7, 11) is 0. The maximum Gasteiger partial charge on any atom is 0.433 e. The number of aromatic nitrogens is 1. The minimum absolute atomic E-state index is 0.0134. The van der Waals surface area contributed by atoms with Gasteiger partial charge in [-0.2, -0.15) is 18.4 Å². The van der Waals surface area contributed by atoms with Crippen LogP contribution in [0.3, 0.4) is 0 Å². The number of hydrogen-bond donors (Lipinski definition) is 0. The van der Waals surface area contributed by atoms with Crippen LogP contribution in [0.25, 0.3) is 0 Å². The van der Waals surface area contributed by atoms with Crippen LogP contribution in [-0.2, 0) is 6.18 Å². The van der Waals surface area contributed by atoms with E-state index >= 15 is 0 Å². The number of nitriles is 1. The van der Waals surface area contributed by atoms with E-state index in [1.165, 1.54) is 0 Å². The molecule has 20 heavy (non-hydrogen) atoms. The maximum atomic E-state index is 12.6. The van der Waals surface area contributed by atoms with Crippen LogP contribution in [0.1, 0.15) is 24.1 Å². The van der Waals surface area contributed by atoms with Crippen LogP contribution in [0.5, 0.6) is 5.88 Å². The van der Waals surface area contributed by atoms with Crippen molar-refractivity contribution in [1.82, 2.24) is 9.88 Å². The van der Waals surface area contributed by atoms with Crippen molar-refractivity contribution in [2.24, 2.45) is 0 Å². The van der Waals surface area contributed by atoms with E-state index in [2.05, 4.69) is 9.88 Å². The third kappa shape index (κ3) is 3.61. The molecule has 108 valence electrons. The molecule has 0 saturated carbocycles. The Labute approximate surface area is 114 Å². The standard InChI is InChI=1S/C13H14F3N3O/c14-13(15,16)11-4-3-10(9-17)12(18-11)20-8-7-19-5-1-2-6-19/h3-4H,1-2,5-8H2. The molecule has 1 aliphatic heterocycles. The molecule has 2 heterocycles. The first-order valence-electron chi connectivity index (χ1n) is 6.34. The van der Waals surface area contributed by atoms with E-state index in [1.807, 2.05) is 0 Å². The van der Waals surface area contributed by atoms with E-state index in [0.717, 1.165) is 38.1 Å². The van der Waals surface area contributed by atoms with Crippen LogP contribution in [0, 0.1) is 11.3 Å². The number of nitrogens with zero attached hydrogens (tertiary/aromatic N) is 3. The molecule has 1 fully saturated rings. The SMILES string of the molecule is N#Cc1ccc(C(F)(F)F)nc1OCCN1CCCC1. The number of alkyl halides is 3. The lowest BCUT2D eigenvalue weighted by atomic mass is 10.2. The van der Waals surface area contributed by atoms with Gasteiger partial charge in [-0.25, -0.2) is 4.98 Å². The fourth-order valence-electron chi connectivity index (χ4n) is 2.07. The molecule has 0 aromatic carbocycles. The zero-order chi connectivity index (χ0) is 14.6. The molecule has 1 aliphatic rings. The summed E-state index contributed by atoms with van der Waals surface area (Å²) in [6, 6.07) is 3.65. The topological polar surface area (TPSA) is 49.1 Å². The second-order valence-electron chi connectivity index (χ2n) is 4.56. The second kappa shape index (κ2) is 6.09. The predicted octanol–water partition coefficient (Wildman–Crippen LogP) is 2.45. The van der Waals surface area contributed by atoms with Crippen molar-refractivity contribution in [3.8, 4) is 11.9 Å². The monoisotopic (exact) mass is 285 g/mol. The van der Waals surface area contributed by atoms with Crippen LogP contribution < -0.4 is 4.74 Å². The molecule has 2 rings (SSSR count). The molecular weight excluding hydrogens is 271 g/mol. The molecule has 0 aliphatic carbocycles. The number of pyridine rings is 1. The van der Waals surface area contributed by atoms with Gasteiger partial charge in [0.1, 0.15) is 23.9 Å². The Bertz CT molecular complexity index is 505. The molecular formula is C13H14F3N3O. The summed E-state index contributed by atoms with van der Waals surface area (Å²) < 4.78 is 42.9. The van der Waals surface area contributed by atoms with Gasteiger partial charge >= 0.3 is 6.18 Å². The summed E-state index contributed by atoms with van der Waals surface area (Å²) in [5, 5.41) is 8.86. The summed E-state index contributed by atoms with van der Waals surface area (Å²) in [5.74, 6) is -0.249. The molecule has 1 aromatic heterocycles. The molecule has 0 N–H and O–H groups in total. The first-order chi connectivity index (χ1) is 9.50. The highest BCUT2D eigenvalue weighted by Gasteiger charge is 2.33. The quantitative estimate of drug-likeness (QED) is 0.852. The highest BCUT2D eigenvalue weighted by molar-refractivity contribution is 5.39. The smallest absolute Gasteiger partial charge is 0.433 e. The molecule has 0 radical (unpaired) electrons. The maximum absolute atomic E-state index is 12.6. The van der Waals surface area contributed by atoms with Crippen molar-refractivity contribution in [3.05, 3.63) is 23.4 Å². The summed E-state index contributed by atoms with van der Waals surface area (Å²) in [6.07, 6.45) is -2.28. The summed E-state index contributed by atoms with van der Waals surface area (Å²) in [4.78, 5) is 5.56. The van der Waals surface area contributed by atoms with Crippen LogP contribution in [0.2, 0.25) is 0 Å². The third-order valence-corrected chi connectivity index (χ3v) is 3.12. The Morgan fingerprint density at radius 3 is 2.60 bits per heavy atom. The summed E-state index contributed by atoms with van der Waals surface area (Å²) >= 11 is 0. The zero-order valence-corrected chi connectivity index (χ0v) is 10.8. The molecule has 0 amide bonds. The minimum Gasteiger partial charge on any atom is -0.475 e.